The summed E-state index contributed by atoms with van der Waals surface area (Å²) >= 11 is 0. The molecule has 0 bridgehead atoms. The summed E-state index contributed by atoms with van der Waals surface area (Å²) in [6, 6.07) is 3.98. The van der Waals surface area contributed by atoms with Crippen molar-refractivity contribution in [2.45, 2.75) is 58.0 Å². The largest absolute Gasteiger partial charge is 0.313 e. The predicted octanol–water partition coefficient (Wildman–Crippen LogP) is 2.49. The number of nitrogens with one attached hydrogen (secondary N) is 2. The molecule has 1 aliphatic carbocycles. The van der Waals surface area contributed by atoms with E-state index in [0.717, 1.165) is 36.1 Å². The van der Waals surface area contributed by atoms with Crippen molar-refractivity contribution in [1.82, 2.24) is 10.0 Å². The van der Waals surface area contributed by atoms with Gasteiger partial charge in [-0.15, -0.1) is 0 Å². The second-order valence-electron chi connectivity index (χ2n) is 5.95. The van der Waals surface area contributed by atoms with E-state index in [1.807, 2.05) is 20.8 Å². The maximum Gasteiger partial charge on any atom is 0.241 e. The molecule has 0 aliphatic heterocycles. The third-order valence-corrected chi connectivity index (χ3v) is 5.92. The molecule has 1 aromatic rings. The molecule has 4 nitrogen and oxygen atoms in total. The summed E-state index contributed by atoms with van der Waals surface area (Å²) in [6.45, 7) is 9.55. The van der Waals surface area contributed by atoms with Crippen molar-refractivity contribution in [3.63, 3.8) is 0 Å². The van der Waals surface area contributed by atoms with E-state index in [2.05, 4.69) is 23.0 Å². The highest BCUT2D eigenvalue weighted by atomic mass is 32.2. The number of hydrogen-bond acceptors (Lipinski definition) is 3. The lowest BCUT2D eigenvalue weighted by atomic mass is 10.1. The van der Waals surface area contributed by atoms with Crippen LogP contribution in [0.1, 0.15) is 43.4 Å². The average molecular weight is 310 g/mol. The van der Waals surface area contributed by atoms with Crippen molar-refractivity contribution in [3.05, 3.63) is 28.8 Å². The monoisotopic (exact) mass is 310 g/mol. The Morgan fingerprint density at radius 1 is 1.24 bits per heavy atom. The van der Waals surface area contributed by atoms with Crippen molar-refractivity contribution >= 4 is 10.0 Å². The van der Waals surface area contributed by atoms with Gasteiger partial charge >= 0.3 is 0 Å². The van der Waals surface area contributed by atoms with Crippen LogP contribution in [-0.4, -0.2) is 21.0 Å². The zero-order valence-electron chi connectivity index (χ0n) is 13.4. The van der Waals surface area contributed by atoms with Gasteiger partial charge in [-0.1, -0.05) is 26.3 Å². The Morgan fingerprint density at radius 2 is 1.95 bits per heavy atom. The number of rotatable bonds is 7. The topological polar surface area (TPSA) is 58.2 Å². The van der Waals surface area contributed by atoms with Crippen molar-refractivity contribution in [2.24, 2.45) is 5.92 Å². The summed E-state index contributed by atoms with van der Waals surface area (Å²) in [7, 11) is -3.42. The highest BCUT2D eigenvalue weighted by molar-refractivity contribution is 7.89. The standard InChI is InChI=1S/C16H26N2O2S/c1-5-14-9-15(14)18-21(19,20)16-8-13(10-17-6-2)7-11(3)12(16)4/h7-8,14-15,17-18H,5-6,9-10H2,1-4H3. The van der Waals surface area contributed by atoms with Gasteiger partial charge in [-0.05, 0) is 55.5 Å². The number of sulfonamides is 1. The van der Waals surface area contributed by atoms with Gasteiger partial charge in [0.2, 0.25) is 10.0 Å². The molecule has 0 heterocycles. The lowest BCUT2D eigenvalue weighted by molar-refractivity contribution is 0.575. The first kappa shape index (κ1) is 16.5. The molecular weight excluding hydrogens is 284 g/mol. The Morgan fingerprint density at radius 3 is 2.52 bits per heavy atom. The molecule has 2 atom stereocenters. The summed E-state index contributed by atoms with van der Waals surface area (Å²) in [5.41, 5.74) is 2.88. The Balaban J connectivity index is 2.26. The van der Waals surface area contributed by atoms with Crippen LogP contribution in [0.25, 0.3) is 0 Å². The van der Waals surface area contributed by atoms with Crippen molar-refractivity contribution in [2.75, 3.05) is 6.54 Å². The minimum absolute atomic E-state index is 0.122. The Bertz CT molecular complexity index is 611. The quantitative estimate of drug-likeness (QED) is 0.813. The lowest BCUT2D eigenvalue weighted by Crippen LogP contribution is -2.28. The normalized spacial score (nSPS) is 21.5. The average Bonchev–Trinajstić information content (AvgIpc) is 3.17. The van der Waals surface area contributed by atoms with Crippen molar-refractivity contribution in [3.8, 4) is 0 Å². The number of benzene rings is 1. The first-order valence-corrected chi connectivity index (χ1v) is 9.20. The van der Waals surface area contributed by atoms with E-state index >= 15 is 0 Å². The highest BCUT2D eigenvalue weighted by Crippen LogP contribution is 2.35. The van der Waals surface area contributed by atoms with Crippen molar-refractivity contribution < 1.29 is 8.42 Å². The molecule has 0 radical (unpaired) electrons. The highest BCUT2D eigenvalue weighted by Gasteiger charge is 2.39. The van der Waals surface area contributed by atoms with Crippen LogP contribution in [0, 0.1) is 19.8 Å². The number of aryl methyl sites for hydroxylation is 1. The van der Waals surface area contributed by atoms with E-state index in [1.165, 1.54) is 0 Å². The van der Waals surface area contributed by atoms with Crippen LogP contribution in [0.4, 0.5) is 0 Å². The van der Waals surface area contributed by atoms with Gasteiger partial charge < -0.3 is 5.32 Å². The molecule has 2 rings (SSSR count). The molecule has 0 aromatic heterocycles. The molecule has 1 saturated carbocycles. The fourth-order valence-electron chi connectivity index (χ4n) is 2.66. The van der Waals surface area contributed by atoms with Crippen LogP contribution in [0.5, 0.6) is 0 Å². The van der Waals surface area contributed by atoms with Crippen LogP contribution in [0.15, 0.2) is 17.0 Å². The minimum Gasteiger partial charge on any atom is -0.313 e. The van der Waals surface area contributed by atoms with Gasteiger partial charge in [-0.25, -0.2) is 13.1 Å². The number of hydrogen-bond donors (Lipinski definition) is 2. The smallest absolute Gasteiger partial charge is 0.241 e. The first-order chi connectivity index (χ1) is 9.89. The molecule has 2 N–H and O–H groups in total. The van der Waals surface area contributed by atoms with Crippen LogP contribution in [0.3, 0.4) is 0 Å². The summed E-state index contributed by atoms with van der Waals surface area (Å²) < 4.78 is 28.1. The molecule has 1 aromatic carbocycles. The van der Waals surface area contributed by atoms with E-state index in [-0.39, 0.29) is 6.04 Å². The second kappa shape index (κ2) is 6.46. The molecular formula is C16H26N2O2S. The van der Waals surface area contributed by atoms with E-state index < -0.39 is 10.0 Å². The lowest BCUT2D eigenvalue weighted by Gasteiger charge is -2.14. The van der Waals surface area contributed by atoms with Crippen LogP contribution in [-0.2, 0) is 16.6 Å². The van der Waals surface area contributed by atoms with Gasteiger partial charge in [0.05, 0.1) is 4.90 Å². The maximum atomic E-state index is 12.6. The summed E-state index contributed by atoms with van der Waals surface area (Å²) in [5.74, 6) is 0.506. The summed E-state index contributed by atoms with van der Waals surface area (Å²) in [6.07, 6.45) is 2.00. The van der Waals surface area contributed by atoms with Gasteiger partial charge in [-0.3, -0.25) is 0 Å². The third kappa shape index (κ3) is 3.84. The molecule has 5 heteroatoms. The van der Waals surface area contributed by atoms with E-state index in [0.29, 0.717) is 17.4 Å². The van der Waals surface area contributed by atoms with Crippen LogP contribution in [0.2, 0.25) is 0 Å². The fourth-order valence-corrected chi connectivity index (χ4v) is 4.34. The Labute approximate surface area is 128 Å². The molecule has 1 fully saturated rings. The van der Waals surface area contributed by atoms with Gasteiger partial charge in [0.25, 0.3) is 0 Å². The molecule has 0 spiro atoms. The van der Waals surface area contributed by atoms with Gasteiger partial charge in [0.15, 0.2) is 0 Å². The Hall–Kier alpha value is -0.910. The zero-order chi connectivity index (χ0) is 15.6. The van der Waals surface area contributed by atoms with Gasteiger partial charge in [-0.2, -0.15) is 0 Å². The van der Waals surface area contributed by atoms with Crippen LogP contribution < -0.4 is 10.0 Å². The Kier molecular flexibility index (Phi) is 5.07. The molecule has 118 valence electrons. The minimum atomic E-state index is -3.42. The van der Waals surface area contributed by atoms with Crippen LogP contribution >= 0.6 is 0 Å². The maximum absolute atomic E-state index is 12.6. The summed E-state index contributed by atoms with van der Waals surface area (Å²) in [4.78, 5) is 0.428. The zero-order valence-corrected chi connectivity index (χ0v) is 14.2. The molecule has 21 heavy (non-hydrogen) atoms. The summed E-state index contributed by atoms with van der Waals surface area (Å²) in [5, 5.41) is 3.24. The SMILES string of the molecule is CCNCc1cc(C)c(C)c(S(=O)(=O)NC2CC2CC)c1. The van der Waals surface area contributed by atoms with Gasteiger partial charge in [0.1, 0.15) is 0 Å². The molecule has 0 amide bonds. The molecule has 0 saturated heterocycles. The predicted molar refractivity (Wildman–Crippen MR) is 85.8 cm³/mol. The molecule has 2 unspecified atom stereocenters. The first-order valence-electron chi connectivity index (χ1n) is 7.72. The van der Waals surface area contributed by atoms with E-state index in [4.69, 9.17) is 0 Å². The third-order valence-electron chi connectivity index (χ3n) is 4.30. The fraction of sp³-hybridized carbons (Fsp3) is 0.625. The second-order valence-corrected chi connectivity index (χ2v) is 7.63. The van der Waals surface area contributed by atoms with E-state index in [9.17, 15) is 8.42 Å². The van der Waals surface area contributed by atoms with E-state index in [1.54, 1.807) is 6.07 Å². The molecule has 1 aliphatic rings. The van der Waals surface area contributed by atoms with Crippen molar-refractivity contribution in [1.29, 1.82) is 0 Å². The van der Waals surface area contributed by atoms with Gasteiger partial charge in [0, 0.05) is 12.6 Å².